The highest BCUT2D eigenvalue weighted by atomic mass is 32.1. The minimum atomic E-state index is -0.426. The summed E-state index contributed by atoms with van der Waals surface area (Å²) in [5.41, 5.74) is 8.87. The molecule has 0 fully saturated rings. The Hall–Kier alpha value is -3.70. The molecule has 3 aromatic rings. The second-order valence-electron chi connectivity index (χ2n) is 6.17. The first-order valence-electron chi connectivity index (χ1n) is 8.66. The van der Waals surface area contributed by atoms with E-state index in [2.05, 4.69) is 16.7 Å². The van der Waals surface area contributed by atoms with Gasteiger partial charge in [-0.1, -0.05) is 17.7 Å². The lowest BCUT2D eigenvalue weighted by Crippen LogP contribution is -2.13. The van der Waals surface area contributed by atoms with E-state index in [9.17, 15) is 10.1 Å². The molecule has 2 aromatic carbocycles. The first kappa shape index (κ1) is 20.0. The molecule has 0 atom stereocenters. The summed E-state index contributed by atoms with van der Waals surface area (Å²) in [6, 6.07) is 14.8. The number of hydrogen-bond donors (Lipinski definition) is 3. The van der Waals surface area contributed by atoms with Gasteiger partial charge in [0.15, 0.2) is 0 Å². The lowest BCUT2D eigenvalue weighted by Gasteiger charge is -2.11. The molecule has 0 radical (unpaired) electrons. The van der Waals surface area contributed by atoms with E-state index in [1.54, 1.807) is 25.3 Å². The summed E-state index contributed by atoms with van der Waals surface area (Å²) in [5.74, 6) is 0.627. The molecule has 0 aliphatic rings. The second-order valence-corrected chi connectivity index (χ2v) is 7.19. The Morgan fingerprint density at radius 3 is 2.48 bits per heavy atom. The van der Waals surface area contributed by atoms with Crippen molar-refractivity contribution in [2.45, 2.75) is 6.92 Å². The molecule has 0 saturated heterocycles. The molecule has 4 N–H and O–H groups in total. The Morgan fingerprint density at radius 2 is 1.86 bits per heavy atom. The summed E-state index contributed by atoms with van der Waals surface area (Å²) < 4.78 is 10.5. The maximum atomic E-state index is 12.8. The maximum Gasteiger partial charge on any atom is 0.268 e. The highest BCUT2D eigenvalue weighted by Crippen LogP contribution is 2.38. The summed E-state index contributed by atoms with van der Waals surface area (Å²) in [4.78, 5) is 13.1. The monoisotopic (exact) mass is 408 g/mol. The molecule has 7 nitrogen and oxygen atoms in total. The van der Waals surface area contributed by atoms with Gasteiger partial charge in [-0.05, 0) is 31.2 Å². The number of hydrogen-bond acceptors (Lipinski definition) is 7. The van der Waals surface area contributed by atoms with Crippen LogP contribution in [0.5, 0.6) is 11.5 Å². The summed E-state index contributed by atoms with van der Waals surface area (Å²) in [6.07, 6.45) is 0. The Balaban J connectivity index is 1.89. The third-order valence-corrected chi connectivity index (χ3v) is 5.35. The van der Waals surface area contributed by atoms with Crippen LogP contribution in [0, 0.1) is 18.3 Å². The van der Waals surface area contributed by atoms with E-state index >= 15 is 0 Å². The number of amides is 1. The molecule has 0 unspecified atom stereocenters. The molecule has 1 aromatic heterocycles. The standard InChI is InChI=1S/C21H20N4O3S/c1-12-4-6-13(7-5-12)24-21-15(11-22)18(23)19(29-21)20(26)25-16-9-8-14(27-2)10-17(16)28-3/h4-10,24H,23H2,1-3H3,(H,25,26). The van der Waals surface area contributed by atoms with Crippen molar-refractivity contribution in [3.05, 3.63) is 58.5 Å². The molecule has 1 heterocycles. The van der Waals surface area contributed by atoms with E-state index in [0.29, 0.717) is 22.2 Å². The molecular formula is C21H20N4O3S. The zero-order valence-corrected chi connectivity index (χ0v) is 17.0. The highest BCUT2D eigenvalue weighted by Gasteiger charge is 2.22. The minimum absolute atomic E-state index is 0.136. The van der Waals surface area contributed by atoms with Crippen molar-refractivity contribution in [2.75, 3.05) is 30.6 Å². The van der Waals surface area contributed by atoms with Gasteiger partial charge in [0.1, 0.15) is 33.0 Å². The number of nitrogen functional groups attached to an aromatic ring is 1. The van der Waals surface area contributed by atoms with Crippen molar-refractivity contribution < 1.29 is 14.3 Å². The lowest BCUT2D eigenvalue weighted by molar-refractivity contribution is 0.103. The molecule has 3 rings (SSSR count). The van der Waals surface area contributed by atoms with Gasteiger partial charge in [0, 0.05) is 11.8 Å². The van der Waals surface area contributed by atoms with E-state index in [4.69, 9.17) is 15.2 Å². The van der Waals surface area contributed by atoms with Gasteiger partial charge in [-0.25, -0.2) is 0 Å². The fraction of sp³-hybridized carbons (Fsp3) is 0.143. The van der Waals surface area contributed by atoms with E-state index < -0.39 is 5.91 Å². The van der Waals surface area contributed by atoms with Crippen LogP contribution in [0.1, 0.15) is 20.8 Å². The molecule has 0 spiro atoms. The van der Waals surface area contributed by atoms with Crippen LogP contribution in [0.25, 0.3) is 0 Å². The maximum absolute atomic E-state index is 12.8. The minimum Gasteiger partial charge on any atom is -0.497 e. The van der Waals surface area contributed by atoms with Gasteiger partial charge in [0.05, 0.1) is 25.6 Å². The number of carbonyl (C=O) groups excluding carboxylic acids is 1. The van der Waals surface area contributed by atoms with E-state index in [0.717, 1.165) is 22.6 Å². The SMILES string of the molecule is COc1ccc(NC(=O)c2sc(Nc3ccc(C)cc3)c(C#N)c2N)c(OC)c1. The van der Waals surface area contributed by atoms with Crippen molar-refractivity contribution in [3.63, 3.8) is 0 Å². The van der Waals surface area contributed by atoms with Crippen molar-refractivity contribution in [2.24, 2.45) is 0 Å². The number of nitrogens with one attached hydrogen (secondary N) is 2. The number of nitriles is 1. The van der Waals surface area contributed by atoms with Gasteiger partial charge in [-0.3, -0.25) is 4.79 Å². The third kappa shape index (κ3) is 4.25. The molecule has 29 heavy (non-hydrogen) atoms. The number of carbonyl (C=O) groups is 1. The van der Waals surface area contributed by atoms with Gasteiger partial charge in [0.2, 0.25) is 0 Å². The average molecular weight is 408 g/mol. The number of thiophene rings is 1. The number of benzene rings is 2. The van der Waals surface area contributed by atoms with Gasteiger partial charge in [0.25, 0.3) is 5.91 Å². The normalized spacial score (nSPS) is 10.1. The average Bonchev–Trinajstić information content (AvgIpc) is 3.05. The smallest absolute Gasteiger partial charge is 0.268 e. The van der Waals surface area contributed by atoms with Crippen molar-refractivity contribution in [1.29, 1.82) is 5.26 Å². The molecule has 0 aliphatic heterocycles. The van der Waals surface area contributed by atoms with E-state index in [-0.39, 0.29) is 16.1 Å². The molecule has 0 saturated carbocycles. The molecular weight excluding hydrogens is 388 g/mol. The number of rotatable bonds is 6. The fourth-order valence-corrected chi connectivity index (χ4v) is 3.65. The largest absolute Gasteiger partial charge is 0.497 e. The van der Waals surface area contributed by atoms with Gasteiger partial charge in [-0.2, -0.15) is 5.26 Å². The Morgan fingerprint density at radius 1 is 1.14 bits per heavy atom. The predicted octanol–water partition coefficient (Wildman–Crippen LogP) is 4.52. The fourth-order valence-electron chi connectivity index (χ4n) is 2.66. The summed E-state index contributed by atoms with van der Waals surface area (Å²) in [5, 5.41) is 16.0. The van der Waals surface area contributed by atoms with Gasteiger partial charge in [-0.15, -0.1) is 11.3 Å². The summed E-state index contributed by atoms with van der Waals surface area (Å²) in [6.45, 7) is 1.99. The number of ether oxygens (including phenoxy) is 2. The van der Waals surface area contributed by atoms with Crippen molar-refractivity contribution in [1.82, 2.24) is 0 Å². The molecule has 0 bridgehead atoms. The zero-order valence-electron chi connectivity index (χ0n) is 16.2. The van der Waals surface area contributed by atoms with Crippen LogP contribution in [0.2, 0.25) is 0 Å². The lowest BCUT2D eigenvalue weighted by atomic mass is 10.2. The van der Waals surface area contributed by atoms with Crippen LogP contribution < -0.4 is 25.8 Å². The quantitative estimate of drug-likeness (QED) is 0.553. The zero-order chi connectivity index (χ0) is 21.0. The van der Waals surface area contributed by atoms with Crippen LogP contribution >= 0.6 is 11.3 Å². The van der Waals surface area contributed by atoms with Gasteiger partial charge < -0.3 is 25.8 Å². The van der Waals surface area contributed by atoms with Crippen molar-refractivity contribution >= 4 is 39.3 Å². The predicted molar refractivity (Wildman–Crippen MR) is 115 cm³/mol. The Kier molecular flexibility index (Phi) is 5.90. The van der Waals surface area contributed by atoms with Crippen LogP contribution in [0.4, 0.5) is 22.1 Å². The number of aryl methyl sites for hydroxylation is 1. The van der Waals surface area contributed by atoms with Crippen LogP contribution in [-0.2, 0) is 0 Å². The number of anilines is 4. The number of methoxy groups -OCH3 is 2. The van der Waals surface area contributed by atoms with Crippen LogP contribution in [0.15, 0.2) is 42.5 Å². The van der Waals surface area contributed by atoms with Crippen LogP contribution in [0.3, 0.4) is 0 Å². The molecule has 8 heteroatoms. The Labute approximate surface area is 172 Å². The highest BCUT2D eigenvalue weighted by molar-refractivity contribution is 7.19. The molecule has 1 amide bonds. The molecule has 148 valence electrons. The van der Waals surface area contributed by atoms with Crippen LogP contribution in [-0.4, -0.2) is 20.1 Å². The summed E-state index contributed by atoms with van der Waals surface area (Å²) in [7, 11) is 3.05. The third-order valence-electron chi connectivity index (χ3n) is 4.23. The molecule has 0 aliphatic carbocycles. The Bertz CT molecular complexity index is 1080. The van der Waals surface area contributed by atoms with Gasteiger partial charge >= 0.3 is 0 Å². The second kappa shape index (κ2) is 8.54. The van der Waals surface area contributed by atoms with E-state index in [1.807, 2.05) is 31.2 Å². The topological polar surface area (TPSA) is 109 Å². The van der Waals surface area contributed by atoms with Crippen molar-refractivity contribution in [3.8, 4) is 17.6 Å². The van der Waals surface area contributed by atoms with E-state index in [1.165, 1.54) is 7.11 Å². The first-order chi connectivity index (χ1) is 14.0. The number of nitrogens with zero attached hydrogens (tertiary/aromatic N) is 1. The summed E-state index contributed by atoms with van der Waals surface area (Å²) >= 11 is 1.12. The number of nitrogens with two attached hydrogens (primary N) is 1. The first-order valence-corrected chi connectivity index (χ1v) is 9.48.